The highest BCUT2D eigenvalue weighted by atomic mass is 16.4. The summed E-state index contributed by atoms with van der Waals surface area (Å²) in [6.07, 6.45) is 2.99. The molecule has 2 N–H and O–H groups in total. The number of nitrogens with one attached hydrogen (secondary N) is 1. The van der Waals surface area contributed by atoms with Crippen LogP contribution in [0.3, 0.4) is 0 Å². The number of H-pyrrole nitrogens is 1. The molecule has 0 aliphatic rings. The van der Waals surface area contributed by atoms with Crippen molar-refractivity contribution >= 4 is 16.9 Å². The Morgan fingerprint density at radius 2 is 2.05 bits per heavy atom. The zero-order valence-electron chi connectivity index (χ0n) is 12.2. The fourth-order valence-electron chi connectivity index (χ4n) is 2.35. The number of para-hydroxylation sites is 1. The molecule has 1 heterocycles. The minimum atomic E-state index is -0.737. The van der Waals surface area contributed by atoms with Crippen LogP contribution >= 0.6 is 0 Å². The first-order chi connectivity index (χ1) is 9.13. The van der Waals surface area contributed by atoms with E-state index in [2.05, 4.69) is 24.0 Å². The second-order valence-electron chi connectivity index (χ2n) is 4.44. The maximum atomic E-state index is 10.9. The first-order valence-electron chi connectivity index (χ1n) is 6.91. The molecular weight excluding hydrogens is 238 g/mol. The van der Waals surface area contributed by atoms with Gasteiger partial charge in [0, 0.05) is 17.1 Å². The highest BCUT2D eigenvalue weighted by Gasteiger charge is 2.17. The van der Waals surface area contributed by atoms with Crippen molar-refractivity contribution in [1.82, 2.24) is 4.98 Å². The average Bonchev–Trinajstić information content (AvgIpc) is 2.83. The number of aromatic nitrogens is 1. The molecule has 0 amide bonds. The van der Waals surface area contributed by atoms with Crippen molar-refractivity contribution in [1.29, 1.82) is 0 Å². The summed E-state index contributed by atoms with van der Waals surface area (Å²) in [5.74, 6) is -0.651. The summed E-state index contributed by atoms with van der Waals surface area (Å²) in [4.78, 5) is 14.1. The Labute approximate surface area is 114 Å². The molecule has 0 aliphatic carbocycles. The number of fused-ring (bicyclic) bond motifs is 1. The predicted molar refractivity (Wildman–Crippen MR) is 79.7 cm³/mol. The Balaban J connectivity index is 0.000000861. The van der Waals surface area contributed by atoms with Crippen molar-refractivity contribution < 1.29 is 9.90 Å². The van der Waals surface area contributed by atoms with Gasteiger partial charge in [-0.2, -0.15) is 0 Å². The Kier molecular flexibility index (Phi) is 5.61. The van der Waals surface area contributed by atoms with Crippen LogP contribution < -0.4 is 0 Å². The van der Waals surface area contributed by atoms with Gasteiger partial charge in [-0.3, -0.25) is 4.79 Å². The van der Waals surface area contributed by atoms with Crippen molar-refractivity contribution in [3.8, 4) is 0 Å². The van der Waals surface area contributed by atoms with Crippen molar-refractivity contribution in [2.75, 3.05) is 0 Å². The Bertz CT molecular complexity index is 543. The Morgan fingerprint density at radius 3 is 2.63 bits per heavy atom. The second-order valence-corrected chi connectivity index (χ2v) is 4.44. The molecule has 1 unspecified atom stereocenters. The molecule has 3 nitrogen and oxygen atoms in total. The van der Waals surface area contributed by atoms with Gasteiger partial charge in [0.1, 0.15) is 0 Å². The summed E-state index contributed by atoms with van der Waals surface area (Å²) in [6.45, 7) is 8.09. The first-order valence-corrected chi connectivity index (χ1v) is 6.91. The third kappa shape index (κ3) is 3.37. The molecule has 1 aromatic carbocycles. The summed E-state index contributed by atoms with van der Waals surface area (Å²) in [5, 5.41) is 10.1. The van der Waals surface area contributed by atoms with E-state index >= 15 is 0 Å². The zero-order valence-corrected chi connectivity index (χ0v) is 12.2. The van der Waals surface area contributed by atoms with Crippen LogP contribution in [0.25, 0.3) is 10.9 Å². The topological polar surface area (TPSA) is 53.1 Å². The molecule has 0 saturated carbocycles. The minimum absolute atomic E-state index is 0.0862. The standard InChI is InChI=1S/C14H17NO2.C2H6/c1-3-10(7-13(16)17)12-8-15-14-9(2)5-4-6-11(12)14;1-2/h4-6,8,10,15H,3,7H2,1-2H3,(H,16,17);1-2H3. The number of aryl methyl sites for hydroxylation is 1. The smallest absolute Gasteiger partial charge is 0.303 e. The van der Waals surface area contributed by atoms with Gasteiger partial charge in [-0.15, -0.1) is 0 Å². The minimum Gasteiger partial charge on any atom is -0.481 e. The first kappa shape index (κ1) is 15.3. The lowest BCUT2D eigenvalue weighted by Gasteiger charge is -2.11. The van der Waals surface area contributed by atoms with Gasteiger partial charge in [0.15, 0.2) is 0 Å². The van der Waals surface area contributed by atoms with Gasteiger partial charge in [-0.1, -0.05) is 39.0 Å². The van der Waals surface area contributed by atoms with E-state index in [1.54, 1.807) is 0 Å². The van der Waals surface area contributed by atoms with Crippen LogP contribution in [-0.2, 0) is 4.79 Å². The van der Waals surface area contributed by atoms with Crippen molar-refractivity contribution in [2.45, 2.75) is 46.5 Å². The molecule has 1 aromatic heterocycles. The van der Waals surface area contributed by atoms with Crippen LogP contribution in [0, 0.1) is 6.92 Å². The Hall–Kier alpha value is -1.77. The molecule has 1 atom stereocenters. The molecule has 0 aliphatic heterocycles. The molecule has 0 bridgehead atoms. The van der Waals surface area contributed by atoms with Gasteiger partial charge in [0.2, 0.25) is 0 Å². The molecule has 0 radical (unpaired) electrons. The van der Waals surface area contributed by atoms with E-state index in [4.69, 9.17) is 5.11 Å². The van der Waals surface area contributed by atoms with Gasteiger partial charge >= 0.3 is 5.97 Å². The monoisotopic (exact) mass is 261 g/mol. The maximum absolute atomic E-state index is 10.9. The molecular formula is C16H23NO2. The Morgan fingerprint density at radius 1 is 1.37 bits per heavy atom. The average molecular weight is 261 g/mol. The highest BCUT2D eigenvalue weighted by Crippen LogP contribution is 2.31. The highest BCUT2D eigenvalue weighted by molar-refractivity contribution is 5.86. The molecule has 104 valence electrons. The number of rotatable bonds is 4. The largest absolute Gasteiger partial charge is 0.481 e. The second kappa shape index (κ2) is 6.98. The molecule has 19 heavy (non-hydrogen) atoms. The lowest BCUT2D eigenvalue weighted by Crippen LogP contribution is -2.04. The van der Waals surface area contributed by atoms with E-state index in [0.717, 1.165) is 22.9 Å². The third-order valence-corrected chi connectivity index (χ3v) is 3.31. The number of aromatic amines is 1. The number of hydrogen-bond donors (Lipinski definition) is 2. The summed E-state index contributed by atoms with van der Waals surface area (Å²) >= 11 is 0. The zero-order chi connectivity index (χ0) is 14.4. The molecule has 0 fully saturated rings. The number of benzene rings is 1. The summed E-state index contributed by atoms with van der Waals surface area (Å²) in [7, 11) is 0. The summed E-state index contributed by atoms with van der Waals surface area (Å²) in [6, 6.07) is 6.13. The van der Waals surface area contributed by atoms with E-state index in [0.29, 0.717) is 0 Å². The molecule has 0 saturated heterocycles. The van der Waals surface area contributed by atoms with Gasteiger partial charge in [-0.05, 0) is 30.4 Å². The van der Waals surface area contributed by atoms with Crippen molar-refractivity contribution in [3.63, 3.8) is 0 Å². The van der Waals surface area contributed by atoms with Crippen LogP contribution in [0.15, 0.2) is 24.4 Å². The normalized spacial score (nSPS) is 11.8. The van der Waals surface area contributed by atoms with Crippen LogP contribution in [0.1, 0.15) is 50.7 Å². The number of carboxylic acid groups (broad SMARTS) is 1. The molecule has 3 heteroatoms. The lowest BCUT2D eigenvalue weighted by atomic mass is 9.92. The van der Waals surface area contributed by atoms with Crippen molar-refractivity contribution in [2.24, 2.45) is 0 Å². The molecule has 2 aromatic rings. The SMILES string of the molecule is CC.CCC(CC(=O)O)c1c[nH]c2c(C)cccc12. The fraction of sp³-hybridized carbons (Fsp3) is 0.438. The predicted octanol–water partition coefficient (Wildman–Crippen LogP) is 4.47. The summed E-state index contributed by atoms with van der Waals surface area (Å²) in [5.41, 5.74) is 3.43. The van der Waals surface area contributed by atoms with Gasteiger partial charge in [-0.25, -0.2) is 0 Å². The van der Waals surface area contributed by atoms with Crippen LogP contribution in [-0.4, -0.2) is 16.1 Å². The van der Waals surface area contributed by atoms with Crippen molar-refractivity contribution in [3.05, 3.63) is 35.5 Å². The third-order valence-electron chi connectivity index (χ3n) is 3.31. The van der Waals surface area contributed by atoms with E-state index < -0.39 is 5.97 Å². The van der Waals surface area contributed by atoms with Crippen LogP contribution in [0.4, 0.5) is 0 Å². The number of hydrogen-bond acceptors (Lipinski definition) is 1. The number of carbonyl (C=O) groups is 1. The fourth-order valence-corrected chi connectivity index (χ4v) is 2.35. The number of aliphatic carboxylic acids is 1. The van der Waals surface area contributed by atoms with E-state index in [1.807, 2.05) is 33.0 Å². The summed E-state index contributed by atoms with van der Waals surface area (Å²) < 4.78 is 0. The van der Waals surface area contributed by atoms with Gasteiger partial charge in [0.05, 0.1) is 6.42 Å². The van der Waals surface area contributed by atoms with Crippen LogP contribution in [0.5, 0.6) is 0 Å². The maximum Gasteiger partial charge on any atom is 0.303 e. The molecule has 2 rings (SSSR count). The van der Waals surface area contributed by atoms with Crippen LogP contribution in [0.2, 0.25) is 0 Å². The lowest BCUT2D eigenvalue weighted by molar-refractivity contribution is -0.137. The quantitative estimate of drug-likeness (QED) is 0.853. The van der Waals surface area contributed by atoms with Gasteiger partial charge < -0.3 is 10.1 Å². The van der Waals surface area contributed by atoms with Gasteiger partial charge in [0.25, 0.3) is 0 Å². The van der Waals surface area contributed by atoms with E-state index in [1.165, 1.54) is 5.56 Å². The van der Waals surface area contributed by atoms with E-state index in [9.17, 15) is 4.79 Å². The number of carboxylic acids is 1. The molecule has 0 spiro atoms. The van der Waals surface area contributed by atoms with E-state index in [-0.39, 0.29) is 12.3 Å².